The molecule has 9 heteroatoms. The molecular formula is C22H22BrClN4O3. The molecule has 162 valence electrons. The molecule has 0 aliphatic rings. The Kier molecular flexibility index (Phi) is 7.35. The maximum Gasteiger partial charge on any atom is 0.328 e. The molecular weight excluding hydrogens is 484 g/mol. The van der Waals surface area contributed by atoms with Crippen molar-refractivity contribution >= 4 is 61.8 Å². The average Bonchev–Trinajstić information content (AvgIpc) is 3.07. The van der Waals surface area contributed by atoms with Gasteiger partial charge in [0.2, 0.25) is 0 Å². The molecule has 0 bridgehead atoms. The second-order valence-corrected chi connectivity index (χ2v) is 8.35. The van der Waals surface area contributed by atoms with E-state index in [4.69, 9.17) is 11.6 Å². The highest BCUT2D eigenvalue weighted by Crippen LogP contribution is 2.26. The second-order valence-electron chi connectivity index (χ2n) is 7.06. The molecule has 0 radical (unpaired) electrons. The number of rotatable bonds is 6. The molecule has 0 unspecified atom stereocenters. The summed E-state index contributed by atoms with van der Waals surface area (Å²) in [7, 11) is 0. The van der Waals surface area contributed by atoms with E-state index < -0.39 is 17.7 Å². The number of fused-ring (bicyclic) bond motifs is 1. The minimum Gasteiger partial charge on any atom is -0.348 e. The lowest BCUT2D eigenvalue weighted by Crippen LogP contribution is -2.40. The number of hydrogen-bond donors (Lipinski definition) is 3. The number of anilines is 1. The van der Waals surface area contributed by atoms with Gasteiger partial charge in [0.25, 0.3) is 5.91 Å². The first-order valence-corrected chi connectivity index (χ1v) is 10.9. The predicted octanol–water partition coefficient (Wildman–Crippen LogP) is 4.60. The van der Waals surface area contributed by atoms with E-state index in [9.17, 15) is 14.4 Å². The van der Waals surface area contributed by atoms with E-state index in [0.29, 0.717) is 28.2 Å². The Morgan fingerprint density at radius 3 is 2.55 bits per heavy atom. The minimum atomic E-state index is -0.867. The van der Waals surface area contributed by atoms with E-state index in [2.05, 4.69) is 32.0 Å². The smallest absolute Gasteiger partial charge is 0.328 e. The highest BCUT2D eigenvalue weighted by molar-refractivity contribution is 9.10. The Morgan fingerprint density at radius 1 is 1.06 bits per heavy atom. The summed E-state index contributed by atoms with van der Waals surface area (Å²) in [6.07, 6.45) is 1.66. The van der Waals surface area contributed by atoms with Crippen molar-refractivity contribution in [1.82, 2.24) is 9.99 Å². The fraction of sp³-hybridized carbons (Fsp3) is 0.227. The molecule has 0 saturated carbocycles. The van der Waals surface area contributed by atoms with Gasteiger partial charge < -0.3 is 10.6 Å². The number of amides is 3. The first kappa shape index (κ1) is 22.8. The number of aryl methyl sites for hydroxylation is 1. The molecule has 2 aromatic carbocycles. The van der Waals surface area contributed by atoms with Gasteiger partial charge in [-0.25, -0.2) is 4.68 Å². The molecule has 7 nitrogen and oxygen atoms in total. The Morgan fingerprint density at radius 2 is 1.84 bits per heavy atom. The third kappa shape index (κ3) is 5.45. The van der Waals surface area contributed by atoms with Gasteiger partial charge in [0.05, 0.1) is 11.2 Å². The summed E-state index contributed by atoms with van der Waals surface area (Å²) in [6.45, 7) is 4.33. The average molecular weight is 506 g/mol. The zero-order chi connectivity index (χ0) is 22.5. The quantitative estimate of drug-likeness (QED) is 0.338. The van der Waals surface area contributed by atoms with Crippen LogP contribution in [0.1, 0.15) is 35.8 Å². The number of carbonyl (C=O) groups is 3. The van der Waals surface area contributed by atoms with Gasteiger partial charge in [-0.05, 0) is 71.2 Å². The SMILES string of the molecule is CCCCNC(=O)C(=O)Nn1c(C(=O)Nc2ccc(C)cc2Br)cc2cc(Cl)ccc21. The normalized spacial score (nSPS) is 10.7. The summed E-state index contributed by atoms with van der Waals surface area (Å²) in [5.74, 6) is -2.09. The fourth-order valence-electron chi connectivity index (χ4n) is 2.99. The van der Waals surface area contributed by atoms with Gasteiger partial charge in [0.15, 0.2) is 0 Å². The standard InChI is InChI=1S/C22H22BrClN4O3/c1-3-4-9-25-21(30)22(31)27-28-18-8-6-15(24)11-14(18)12-19(28)20(29)26-17-7-5-13(2)10-16(17)23/h5-8,10-12H,3-4,9H2,1-2H3,(H,25,30)(H,26,29)(H,27,31). The maximum absolute atomic E-state index is 13.1. The van der Waals surface area contributed by atoms with Crippen LogP contribution in [0.2, 0.25) is 5.02 Å². The topological polar surface area (TPSA) is 92.2 Å². The Labute approximate surface area is 193 Å². The number of nitrogens with one attached hydrogen (secondary N) is 3. The van der Waals surface area contributed by atoms with Crippen molar-refractivity contribution in [2.45, 2.75) is 26.7 Å². The van der Waals surface area contributed by atoms with Crippen LogP contribution in [0.15, 0.2) is 46.9 Å². The van der Waals surface area contributed by atoms with Crippen LogP contribution in [0.5, 0.6) is 0 Å². The highest BCUT2D eigenvalue weighted by atomic mass is 79.9. The molecule has 31 heavy (non-hydrogen) atoms. The minimum absolute atomic E-state index is 0.152. The van der Waals surface area contributed by atoms with Crippen molar-refractivity contribution < 1.29 is 14.4 Å². The van der Waals surface area contributed by atoms with Crippen molar-refractivity contribution in [2.24, 2.45) is 0 Å². The molecule has 0 saturated heterocycles. The molecule has 0 aliphatic heterocycles. The van der Waals surface area contributed by atoms with Crippen LogP contribution < -0.4 is 16.1 Å². The Bertz CT molecular complexity index is 1160. The zero-order valence-electron chi connectivity index (χ0n) is 17.1. The summed E-state index contributed by atoms with van der Waals surface area (Å²) in [5.41, 5.74) is 4.82. The van der Waals surface area contributed by atoms with E-state index in [1.54, 1.807) is 30.3 Å². The largest absolute Gasteiger partial charge is 0.348 e. The lowest BCUT2D eigenvalue weighted by atomic mass is 10.2. The van der Waals surface area contributed by atoms with E-state index >= 15 is 0 Å². The van der Waals surface area contributed by atoms with E-state index in [-0.39, 0.29) is 5.69 Å². The zero-order valence-corrected chi connectivity index (χ0v) is 19.4. The molecule has 3 amide bonds. The van der Waals surface area contributed by atoms with Crippen LogP contribution in [-0.2, 0) is 9.59 Å². The molecule has 3 N–H and O–H groups in total. The van der Waals surface area contributed by atoms with Crippen LogP contribution in [-0.4, -0.2) is 28.9 Å². The molecule has 3 rings (SSSR count). The summed E-state index contributed by atoms with van der Waals surface area (Å²) < 4.78 is 2.02. The van der Waals surface area contributed by atoms with Gasteiger partial charge in [-0.3, -0.25) is 19.8 Å². The lowest BCUT2D eigenvalue weighted by molar-refractivity contribution is -0.136. The maximum atomic E-state index is 13.1. The summed E-state index contributed by atoms with van der Waals surface area (Å²) in [5, 5.41) is 6.52. The van der Waals surface area contributed by atoms with Crippen LogP contribution in [0.4, 0.5) is 5.69 Å². The van der Waals surface area contributed by atoms with E-state index in [1.807, 2.05) is 26.0 Å². The van der Waals surface area contributed by atoms with Gasteiger partial charge in [0.1, 0.15) is 5.69 Å². The third-order valence-corrected chi connectivity index (χ3v) is 5.50. The molecule has 0 aliphatic carbocycles. The van der Waals surface area contributed by atoms with Crippen LogP contribution >= 0.6 is 27.5 Å². The fourth-order valence-corrected chi connectivity index (χ4v) is 3.77. The van der Waals surface area contributed by atoms with Gasteiger partial charge in [-0.15, -0.1) is 0 Å². The van der Waals surface area contributed by atoms with Crippen LogP contribution in [0.3, 0.4) is 0 Å². The Balaban J connectivity index is 1.92. The summed E-state index contributed by atoms with van der Waals surface area (Å²) in [4.78, 5) is 37.6. The molecule has 0 fully saturated rings. The second kappa shape index (κ2) is 9.98. The van der Waals surface area contributed by atoms with Gasteiger partial charge in [-0.2, -0.15) is 0 Å². The van der Waals surface area contributed by atoms with Gasteiger partial charge in [0, 0.05) is 21.4 Å². The number of carbonyl (C=O) groups excluding carboxylic acids is 3. The van der Waals surface area contributed by atoms with Crippen LogP contribution in [0.25, 0.3) is 10.9 Å². The number of hydrogen-bond acceptors (Lipinski definition) is 3. The van der Waals surface area contributed by atoms with Crippen molar-refractivity contribution in [3.63, 3.8) is 0 Å². The molecule has 0 spiro atoms. The molecule has 1 aromatic heterocycles. The molecule has 0 atom stereocenters. The first-order chi connectivity index (χ1) is 14.8. The predicted molar refractivity (Wildman–Crippen MR) is 126 cm³/mol. The van der Waals surface area contributed by atoms with Crippen molar-refractivity contribution in [2.75, 3.05) is 17.3 Å². The summed E-state index contributed by atoms with van der Waals surface area (Å²) >= 11 is 9.52. The molecule has 3 aromatic rings. The third-order valence-electron chi connectivity index (χ3n) is 4.60. The van der Waals surface area contributed by atoms with Gasteiger partial charge >= 0.3 is 11.8 Å². The number of aromatic nitrogens is 1. The van der Waals surface area contributed by atoms with Gasteiger partial charge in [-0.1, -0.05) is 31.0 Å². The van der Waals surface area contributed by atoms with E-state index in [1.165, 1.54) is 4.68 Å². The lowest BCUT2D eigenvalue weighted by Gasteiger charge is -2.13. The number of unbranched alkanes of at least 4 members (excludes halogenated alkanes) is 1. The Hall–Kier alpha value is -2.84. The monoisotopic (exact) mass is 504 g/mol. The van der Waals surface area contributed by atoms with E-state index in [0.717, 1.165) is 22.9 Å². The number of benzene rings is 2. The highest BCUT2D eigenvalue weighted by Gasteiger charge is 2.21. The molecule has 1 heterocycles. The number of halogens is 2. The van der Waals surface area contributed by atoms with Crippen molar-refractivity contribution in [1.29, 1.82) is 0 Å². The van der Waals surface area contributed by atoms with Crippen molar-refractivity contribution in [3.8, 4) is 0 Å². The number of nitrogens with zero attached hydrogens (tertiary/aromatic N) is 1. The van der Waals surface area contributed by atoms with Crippen molar-refractivity contribution in [3.05, 3.63) is 63.2 Å². The van der Waals surface area contributed by atoms with Crippen LogP contribution in [0, 0.1) is 6.92 Å². The summed E-state index contributed by atoms with van der Waals surface area (Å²) in [6, 6.07) is 12.1. The first-order valence-electron chi connectivity index (χ1n) is 9.78.